The Kier molecular flexibility index (Phi) is 7.10. The van der Waals surface area contributed by atoms with E-state index in [1.54, 1.807) is 24.3 Å². The van der Waals surface area contributed by atoms with Gasteiger partial charge in [-0.15, -0.1) is 11.3 Å². The lowest BCUT2D eigenvalue weighted by molar-refractivity contribution is 0.0697. The van der Waals surface area contributed by atoms with E-state index in [2.05, 4.69) is 6.07 Å². The largest absolute Gasteiger partial charge is 0.478 e. The fourth-order valence-electron chi connectivity index (χ4n) is 4.77. The molecule has 0 aliphatic rings. The number of carbonyl (C=O) groups is 1. The van der Waals surface area contributed by atoms with Crippen LogP contribution in [0.4, 0.5) is 8.78 Å². The molecule has 0 bridgehead atoms. The quantitative estimate of drug-likeness (QED) is 0.207. The molecule has 41 heavy (non-hydrogen) atoms. The second kappa shape index (κ2) is 10.9. The second-order valence-corrected chi connectivity index (χ2v) is 11.4. The monoisotopic (exact) mass is 598 g/mol. The number of nitrogens with zero attached hydrogens (tertiary/aromatic N) is 2. The van der Waals surface area contributed by atoms with Gasteiger partial charge < -0.3 is 5.11 Å². The summed E-state index contributed by atoms with van der Waals surface area (Å²) in [4.78, 5) is 12.7. The molecule has 6 rings (SSSR count). The molecule has 0 spiro atoms. The molecule has 2 heterocycles. The van der Waals surface area contributed by atoms with E-state index in [-0.39, 0.29) is 16.4 Å². The van der Waals surface area contributed by atoms with Gasteiger partial charge in [0.1, 0.15) is 22.6 Å². The zero-order chi connectivity index (χ0) is 28.7. The van der Waals surface area contributed by atoms with E-state index < -0.39 is 11.8 Å². The van der Waals surface area contributed by atoms with Crippen molar-refractivity contribution in [2.24, 2.45) is 0 Å². The second-order valence-electron chi connectivity index (χ2n) is 9.08. The van der Waals surface area contributed by atoms with Gasteiger partial charge in [0, 0.05) is 37.6 Å². The lowest BCUT2D eigenvalue weighted by atomic mass is 9.96. The molecule has 0 unspecified atom stereocenters. The summed E-state index contributed by atoms with van der Waals surface area (Å²) < 4.78 is 30.4. The van der Waals surface area contributed by atoms with E-state index in [1.807, 2.05) is 39.7 Å². The van der Waals surface area contributed by atoms with Crippen molar-refractivity contribution in [1.29, 1.82) is 5.26 Å². The summed E-state index contributed by atoms with van der Waals surface area (Å²) in [5.74, 6) is -1.84. The number of halogens is 3. The molecule has 2 aromatic heterocycles. The highest BCUT2D eigenvalue weighted by Crippen LogP contribution is 2.47. The van der Waals surface area contributed by atoms with Crippen molar-refractivity contribution in [3.05, 3.63) is 123 Å². The Morgan fingerprint density at radius 3 is 2.39 bits per heavy atom. The van der Waals surface area contributed by atoms with Crippen LogP contribution in [0.1, 0.15) is 15.2 Å². The van der Waals surface area contributed by atoms with E-state index in [0.717, 1.165) is 27.2 Å². The smallest absolute Gasteiger partial charge is 0.335 e. The minimum Gasteiger partial charge on any atom is -0.478 e. The first-order chi connectivity index (χ1) is 19.8. The van der Waals surface area contributed by atoms with Crippen molar-refractivity contribution in [3.63, 3.8) is 0 Å². The predicted molar refractivity (Wildman–Crippen MR) is 160 cm³/mol. The Hall–Kier alpha value is -4.42. The third kappa shape index (κ3) is 5.00. The van der Waals surface area contributed by atoms with Crippen molar-refractivity contribution in [2.75, 3.05) is 0 Å². The summed E-state index contributed by atoms with van der Waals surface area (Å²) in [6.45, 7) is 0. The Labute approximate surface area is 246 Å². The van der Waals surface area contributed by atoms with Crippen molar-refractivity contribution in [2.45, 2.75) is 4.90 Å². The molecule has 200 valence electrons. The molecule has 0 saturated heterocycles. The molecular formula is C32H17ClF2N2O2S2. The van der Waals surface area contributed by atoms with Crippen molar-refractivity contribution in [1.82, 2.24) is 3.97 Å². The fraction of sp³-hybridized carbons (Fsp3) is 0. The SMILES string of the molecule is N#Cc1sccc1-c1c(-c2cccc(-c3ccc(C(=O)O)cc3Cl)c2)n(Sc2ccc(F)cc2)c2ccc(F)cc12. The van der Waals surface area contributed by atoms with Crippen LogP contribution in [0.5, 0.6) is 0 Å². The average Bonchev–Trinajstić information content (AvgIpc) is 3.56. The Morgan fingerprint density at radius 1 is 0.902 bits per heavy atom. The van der Waals surface area contributed by atoms with Crippen molar-refractivity contribution in [3.8, 4) is 39.6 Å². The van der Waals surface area contributed by atoms with Crippen LogP contribution in [0.15, 0.2) is 101 Å². The molecule has 0 fully saturated rings. The van der Waals surface area contributed by atoms with Crippen LogP contribution >= 0.6 is 34.9 Å². The number of rotatable bonds is 6. The first-order valence-corrected chi connectivity index (χ1v) is 14.3. The number of carboxylic acid groups (broad SMARTS) is 1. The highest BCUT2D eigenvalue weighted by molar-refractivity contribution is 7.98. The average molecular weight is 599 g/mol. The van der Waals surface area contributed by atoms with Gasteiger partial charge in [-0.3, -0.25) is 3.97 Å². The molecule has 0 saturated carbocycles. The van der Waals surface area contributed by atoms with Crippen LogP contribution < -0.4 is 0 Å². The highest BCUT2D eigenvalue weighted by atomic mass is 35.5. The number of aromatic nitrogens is 1. The molecule has 0 aliphatic carbocycles. The van der Waals surface area contributed by atoms with Crippen LogP contribution in [0, 0.1) is 23.0 Å². The van der Waals surface area contributed by atoms with Crippen molar-refractivity contribution < 1.29 is 18.7 Å². The normalized spacial score (nSPS) is 11.1. The van der Waals surface area contributed by atoms with Gasteiger partial charge >= 0.3 is 5.97 Å². The van der Waals surface area contributed by atoms with Gasteiger partial charge in [0.05, 0.1) is 16.8 Å². The van der Waals surface area contributed by atoms with Gasteiger partial charge in [-0.25, -0.2) is 13.6 Å². The molecule has 0 aliphatic heterocycles. The minimum atomic E-state index is -1.07. The first-order valence-electron chi connectivity index (χ1n) is 12.2. The number of hydrogen-bond acceptors (Lipinski definition) is 4. The summed E-state index contributed by atoms with van der Waals surface area (Å²) in [5, 5.41) is 22.0. The summed E-state index contributed by atoms with van der Waals surface area (Å²) in [6, 6.07) is 26.9. The minimum absolute atomic E-state index is 0.0801. The first kappa shape index (κ1) is 26.8. The summed E-state index contributed by atoms with van der Waals surface area (Å²) in [6.07, 6.45) is 0. The number of nitriles is 1. The molecule has 0 amide bonds. The molecule has 0 atom stereocenters. The van der Waals surface area contributed by atoms with Gasteiger partial charge in [0.2, 0.25) is 0 Å². The number of carboxylic acids is 1. The molecule has 6 aromatic rings. The predicted octanol–water partition coefficient (Wildman–Crippen LogP) is 9.76. The van der Waals surface area contributed by atoms with Crippen LogP contribution in [-0.4, -0.2) is 15.0 Å². The van der Waals surface area contributed by atoms with Crippen LogP contribution in [-0.2, 0) is 0 Å². The number of benzene rings is 4. The Balaban J connectivity index is 1.64. The van der Waals surface area contributed by atoms with Gasteiger partial charge in [-0.05, 0) is 89.6 Å². The lowest BCUT2D eigenvalue weighted by Gasteiger charge is -2.14. The standard InChI is InChI=1S/C32H17ClF2N2O2S2/c33-27-15-20(32(38)39)4-10-24(27)18-2-1-3-19(14-18)31-30(25-12-13-40-29(25)17-36)26-16-22(35)7-11-28(26)37(31)41-23-8-5-21(34)6-9-23/h1-16H,(H,38,39). The van der Waals surface area contributed by atoms with Gasteiger partial charge in [0.25, 0.3) is 0 Å². The molecule has 4 aromatic carbocycles. The number of hydrogen-bond donors (Lipinski definition) is 1. The Morgan fingerprint density at radius 2 is 1.66 bits per heavy atom. The fourth-order valence-corrected chi connectivity index (χ4v) is 6.77. The molecule has 9 heteroatoms. The summed E-state index contributed by atoms with van der Waals surface area (Å²) in [7, 11) is 0. The number of thiophene rings is 1. The maximum atomic E-state index is 14.7. The summed E-state index contributed by atoms with van der Waals surface area (Å²) in [5.41, 5.74) is 5.04. The third-order valence-electron chi connectivity index (χ3n) is 6.60. The van der Waals surface area contributed by atoms with E-state index >= 15 is 0 Å². The zero-order valence-electron chi connectivity index (χ0n) is 20.9. The van der Waals surface area contributed by atoms with E-state index in [4.69, 9.17) is 11.6 Å². The molecule has 4 nitrogen and oxygen atoms in total. The molecule has 1 N–H and O–H groups in total. The van der Waals surface area contributed by atoms with E-state index in [9.17, 15) is 23.9 Å². The zero-order valence-corrected chi connectivity index (χ0v) is 23.3. The number of aromatic carboxylic acids is 1. The Bertz CT molecular complexity index is 2010. The lowest BCUT2D eigenvalue weighted by Crippen LogP contribution is -1.96. The van der Waals surface area contributed by atoms with Crippen LogP contribution in [0.2, 0.25) is 5.02 Å². The van der Waals surface area contributed by atoms with Crippen molar-refractivity contribution >= 4 is 51.8 Å². The van der Waals surface area contributed by atoms with Crippen LogP contribution in [0.3, 0.4) is 0 Å². The summed E-state index contributed by atoms with van der Waals surface area (Å²) >= 11 is 9.17. The highest BCUT2D eigenvalue weighted by Gasteiger charge is 2.24. The van der Waals surface area contributed by atoms with E-state index in [1.165, 1.54) is 59.7 Å². The maximum absolute atomic E-state index is 14.7. The topological polar surface area (TPSA) is 66.0 Å². The number of fused-ring (bicyclic) bond motifs is 1. The van der Waals surface area contributed by atoms with Crippen LogP contribution in [0.25, 0.3) is 44.4 Å². The van der Waals surface area contributed by atoms with Gasteiger partial charge in [0.15, 0.2) is 0 Å². The third-order valence-corrected chi connectivity index (χ3v) is 8.77. The maximum Gasteiger partial charge on any atom is 0.335 e. The van der Waals surface area contributed by atoms with Gasteiger partial charge in [-0.1, -0.05) is 35.9 Å². The molecular weight excluding hydrogens is 582 g/mol. The van der Waals surface area contributed by atoms with Gasteiger partial charge in [-0.2, -0.15) is 5.26 Å². The molecule has 0 radical (unpaired) electrons. The van der Waals surface area contributed by atoms with E-state index in [0.29, 0.717) is 27.0 Å².